The molecule has 1 atom stereocenters. The summed E-state index contributed by atoms with van der Waals surface area (Å²) < 4.78 is 0. The van der Waals surface area contributed by atoms with Crippen molar-refractivity contribution in [2.45, 2.75) is 26.3 Å². The van der Waals surface area contributed by atoms with Crippen molar-refractivity contribution in [2.75, 3.05) is 17.7 Å². The number of rotatable bonds is 3. The summed E-state index contributed by atoms with van der Waals surface area (Å²) in [5, 5.41) is 0. The predicted octanol–water partition coefficient (Wildman–Crippen LogP) is 2.38. The first-order valence-electron chi connectivity index (χ1n) is 5.60. The van der Waals surface area contributed by atoms with Crippen molar-refractivity contribution in [3.05, 3.63) is 18.2 Å². The molecule has 1 aromatic carbocycles. The smallest absolute Gasteiger partial charge is 0.203 e. The molecule has 0 aliphatic carbocycles. The molecule has 2 rings (SSSR count). The fourth-order valence-corrected chi connectivity index (χ4v) is 1.66. The highest BCUT2D eigenvalue weighted by atomic mass is 15.3. The molecule has 0 amide bonds. The molecular weight excluding hydrogens is 200 g/mol. The number of imidazole rings is 1. The molecule has 1 unspecified atom stereocenters. The number of nitrogens with zero attached hydrogens (tertiary/aromatic N) is 2. The van der Waals surface area contributed by atoms with E-state index in [1.807, 2.05) is 18.2 Å². The van der Waals surface area contributed by atoms with Gasteiger partial charge in [-0.3, -0.25) is 0 Å². The first-order chi connectivity index (χ1) is 7.61. The monoisotopic (exact) mass is 218 g/mol. The largest absolute Gasteiger partial charge is 0.399 e. The lowest BCUT2D eigenvalue weighted by Gasteiger charge is -2.22. The molecular formula is C12H18N4. The van der Waals surface area contributed by atoms with Crippen LogP contribution >= 0.6 is 0 Å². The molecule has 0 saturated heterocycles. The Bertz CT molecular complexity index is 489. The summed E-state index contributed by atoms with van der Waals surface area (Å²) in [6, 6.07) is 6.19. The van der Waals surface area contributed by atoms with Gasteiger partial charge >= 0.3 is 0 Å². The average Bonchev–Trinajstić information content (AvgIpc) is 2.69. The third-order valence-electron chi connectivity index (χ3n) is 3.08. The van der Waals surface area contributed by atoms with Gasteiger partial charge in [0.15, 0.2) is 0 Å². The van der Waals surface area contributed by atoms with Gasteiger partial charge in [-0.2, -0.15) is 0 Å². The molecule has 0 aliphatic rings. The summed E-state index contributed by atoms with van der Waals surface area (Å²) in [5.41, 5.74) is 8.44. The number of anilines is 2. The number of aromatic amines is 1. The van der Waals surface area contributed by atoms with E-state index in [9.17, 15) is 0 Å². The first kappa shape index (κ1) is 10.8. The van der Waals surface area contributed by atoms with E-state index in [1.165, 1.54) is 0 Å². The Morgan fingerprint density at radius 2 is 2.25 bits per heavy atom. The number of nitrogen functional groups attached to an aromatic ring is 1. The van der Waals surface area contributed by atoms with E-state index < -0.39 is 0 Å². The zero-order valence-electron chi connectivity index (χ0n) is 9.99. The van der Waals surface area contributed by atoms with Crippen molar-refractivity contribution in [3.63, 3.8) is 0 Å². The van der Waals surface area contributed by atoms with Gasteiger partial charge in [0.1, 0.15) is 0 Å². The van der Waals surface area contributed by atoms with Gasteiger partial charge in [0.05, 0.1) is 11.0 Å². The van der Waals surface area contributed by atoms with Crippen LogP contribution in [-0.4, -0.2) is 23.1 Å². The minimum Gasteiger partial charge on any atom is -0.399 e. The van der Waals surface area contributed by atoms with E-state index in [4.69, 9.17) is 5.73 Å². The van der Waals surface area contributed by atoms with Crippen LogP contribution in [0.2, 0.25) is 0 Å². The molecule has 16 heavy (non-hydrogen) atoms. The summed E-state index contributed by atoms with van der Waals surface area (Å²) >= 11 is 0. The van der Waals surface area contributed by atoms with Gasteiger partial charge in [-0.25, -0.2) is 4.98 Å². The first-order valence-corrected chi connectivity index (χ1v) is 5.60. The van der Waals surface area contributed by atoms with Gasteiger partial charge in [-0.1, -0.05) is 6.92 Å². The summed E-state index contributed by atoms with van der Waals surface area (Å²) in [5.74, 6) is 0.898. The number of aromatic nitrogens is 2. The second kappa shape index (κ2) is 4.04. The van der Waals surface area contributed by atoms with Crippen LogP contribution in [0.3, 0.4) is 0 Å². The Morgan fingerprint density at radius 1 is 1.50 bits per heavy atom. The van der Waals surface area contributed by atoms with E-state index >= 15 is 0 Å². The number of hydrogen-bond donors (Lipinski definition) is 2. The third kappa shape index (κ3) is 1.83. The molecule has 2 aromatic rings. The molecule has 0 fully saturated rings. The van der Waals surface area contributed by atoms with Crippen LogP contribution in [0.5, 0.6) is 0 Å². The molecule has 0 radical (unpaired) electrons. The van der Waals surface area contributed by atoms with Gasteiger partial charge < -0.3 is 15.6 Å². The third-order valence-corrected chi connectivity index (χ3v) is 3.08. The van der Waals surface area contributed by atoms with Crippen molar-refractivity contribution < 1.29 is 0 Å². The maximum Gasteiger partial charge on any atom is 0.203 e. The standard InChI is InChI=1S/C12H18N4/c1-4-8(2)16(3)12-14-10-6-5-9(13)7-11(10)15-12/h5-8H,4,13H2,1-3H3,(H,14,15). The van der Waals surface area contributed by atoms with Crippen molar-refractivity contribution >= 4 is 22.7 Å². The van der Waals surface area contributed by atoms with Crippen LogP contribution in [0.25, 0.3) is 11.0 Å². The predicted molar refractivity (Wildman–Crippen MR) is 68.7 cm³/mol. The number of H-pyrrole nitrogens is 1. The SMILES string of the molecule is CCC(C)N(C)c1nc2ccc(N)cc2[nH]1. The van der Waals surface area contributed by atoms with Gasteiger partial charge in [0.2, 0.25) is 5.95 Å². The average molecular weight is 218 g/mol. The molecule has 86 valence electrons. The Hall–Kier alpha value is -1.71. The molecule has 0 aliphatic heterocycles. The molecule has 3 N–H and O–H groups in total. The molecule has 4 heteroatoms. The minimum absolute atomic E-state index is 0.470. The minimum atomic E-state index is 0.470. The summed E-state index contributed by atoms with van der Waals surface area (Å²) in [6.45, 7) is 4.35. The zero-order valence-corrected chi connectivity index (χ0v) is 9.99. The van der Waals surface area contributed by atoms with Crippen molar-refractivity contribution in [1.82, 2.24) is 9.97 Å². The van der Waals surface area contributed by atoms with Gasteiger partial charge in [-0.05, 0) is 31.5 Å². The Kier molecular flexibility index (Phi) is 2.73. The lowest BCUT2D eigenvalue weighted by atomic mass is 10.2. The van der Waals surface area contributed by atoms with Gasteiger partial charge in [0.25, 0.3) is 0 Å². The molecule has 0 saturated carbocycles. The van der Waals surface area contributed by atoms with Crippen LogP contribution in [0.4, 0.5) is 11.6 Å². The summed E-state index contributed by atoms with van der Waals surface area (Å²) in [7, 11) is 2.05. The highest BCUT2D eigenvalue weighted by Gasteiger charge is 2.11. The topological polar surface area (TPSA) is 57.9 Å². The van der Waals surface area contributed by atoms with E-state index in [2.05, 4.69) is 35.8 Å². The van der Waals surface area contributed by atoms with E-state index in [0.717, 1.165) is 29.1 Å². The lowest BCUT2D eigenvalue weighted by molar-refractivity contribution is 0.652. The van der Waals surface area contributed by atoms with E-state index in [1.54, 1.807) is 0 Å². The highest BCUT2D eigenvalue weighted by Crippen LogP contribution is 2.20. The molecule has 0 spiro atoms. The van der Waals surface area contributed by atoms with Crippen LogP contribution in [0.1, 0.15) is 20.3 Å². The van der Waals surface area contributed by atoms with Crippen molar-refractivity contribution in [3.8, 4) is 0 Å². The Morgan fingerprint density at radius 3 is 2.94 bits per heavy atom. The van der Waals surface area contributed by atoms with Gasteiger partial charge in [-0.15, -0.1) is 0 Å². The fourth-order valence-electron chi connectivity index (χ4n) is 1.66. The Labute approximate surface area is 95.5 Å². The van der Waals surface area contributed by atoms with Gasteiger partial charge in [0, 0.05) is 18.8 Å². The van der Waals surface area contributed by atoms with Crippen LogP contribution in [0.15, 0.2) is 18.2 Å². The quantitative estimate of drug-likeness (QED) is 0.778. The molecule has 1 aromatic heterocycles. The molecule has 0 bridgehead atoms. The lowest BCUT2D eigenvalue weighted by Crippen LogP contribution is -2.28. The number of fused-ring (bicyclic) bond motifs is 1. The molecule has 4 nitrogen and oxygen atoms in total. The zero-order chi connectivity index (χ0) is 11.7. The normalized spacial score (nSPS) is 12.9. The maximum absolute atomic E-state index is 5.73. The van der Waals surface area contributed by atoms with Crippen LogP contribution < -0.4 is 10.6 Å². The van der Waals surface area contributed by atoms with Crippen LogP contribution in [-0.2, 0) is 0 Å². The van der Waals surface area contributed by atoms with Crippen molar-refractivity contribution in [1.29, 1.82) is 0 Å². The van der Waals surface area contributed by atoms with E-state index in [-0.39, 0.29) is 0 Å². The number of nitrogens with one attached hydrogen (secondary N) is 1. The highest BCUT2D eigenvalue weighted by molar-refractivity contribution is 5.80. The summed E-state index contributed by atoms with van der Waals surface area (Å²) in [4.78, 5) is 9.97. The van der Waals surface area contributed by atoms with Crippen LogP contribution in [0, 0.1) is 0 Å². The number of hydrogen-bond acceptors (Lipinski definition) is 3. The summed E-state index contributed by atoms with van der Waals surface area (Å²) in [6.07, 6.45) is 1.09. The fraction of sp³-hybridized carbons (Fsp3) is 0.417. The number of nitrogens with two attached hydrogens (primary N) is 1. The Balaban J connectivity index is 2.39. The second-order valence-corrected chi connectivity index (χ2v) is 4.21. The van der Waals surface area contributed by atoms with E-state index in [0.29, 0.717) is 6.04 Å². The van der Waals surface area contributed by atoms with Crippen molar-refractivity contribution in [2.24, 2.45) is 0 Å². The second-order valence-electron chi connectivity index (χ2n) is 4.21. The molecule has 1 heterocycles. The maximum atomic E-state index is 5.73. The number of benzene rings is 1.